The molecule has 0 saturated heterocycles. The summed E-state index contributed by atoms with van der Waals surface area (Å²) >= 11 is 0. The minimum Gasteiger partial charge on any atom is -0.0856 e. The van der Waals surface area contributed by atoms with E-state index in [2.05, 4.69) is 38.2 Å². The third-order valence-corrected chi connectivity index (χ3v) is 2.49. The predicted octanol–water partition coefficient (Wildman–Crippen LogP) is 4.40. The van der Waals surface area contributed by atoms with E-state index < -0.39 is 0 Å². The molecule has 0 aromatic heterocycles. The normalized spacial score (nSPS) is 20.2. The molecule has 2 aliphatic carbocycles. The largest absolute Gasteiger partial charge is 0.0856 e. The maximum atomic E-state index is 2.32. The molecule has 0 spiro atoms. The molecule has 72 valence electrons. The second kappa shape index (κ2) is 5.80. The molecule has 0 heteroatoms. The summed E-state index contributed by atoms with van der Waals surface area (Å²) < 4.78 is 0. The highest BCUT2D eigenvalue weighted by molar-refractivity contribution is 5.15. The van der Waals surface area contributed by atoms with Crippen molar-refractivity contribution >= 4 is 0 Å². The minimum atomic E-state index is 1.24. The van der Waals surface area contributed by atoms with Crippen molar-refractivity contribution in [3.8, 4) is 0 Å². The summed E-state index contributed by atoms with van der Waals surface area (Å²) in [6.45, 7) is 4.37. The van der Waals surface area contributed by atoms with Crippen LogP contribution in [0.2, 0.25) is 0 Å². The molecule has 0 atom stereocenters. The summed E-state index contributed by atoms with van der Waals surface area (Å²) in [5.74, 6) is 0. The Bertz CT molecular complexity index is 228. The van der Waals surface area contributed by atoms with Crippen LogP contribution in [-0.4, -0.2) is 0 Å². The number of hydrogen-bond donors (Lipinski definition) is 0. The highest BCUT2D eigenvalue weighted by Gasteiger charge is 1.95. The molecule has 0 unspecified atom stereocenters. The Morgan fingerprint density at radius 3 is 2.08 bits per heavy atom. The lowest BCUT2D eigenvalue weighted by atomic mass is 10.1. The third kappa shape index (κ3) is 4.72. The van der Waals surface area contributed by atoms with Gasteiger partial charge in [-0.15, -0.1) is 0 Å². The monoisotopic (exact) mass is 176 g/mol. The molecule has 2 aliphatic rings. The van der Waals surface area contributed by atoms with Gasteiger partial charge in [0.2, 0.25) is 0 Å². The molecule has 0 aromatic carbocycles. The fourth-order valence-corrected chi connectivity index (χ4v) is 1.55. The van der Waals surface area contributed by atoms with Crippen LogP contribution in [0.15, 0.2) is 35.5 Å². The molecular formula is C13H20. The summed E-state index contributed by atoms with van der Waals surface area (Å²) in [6.07, 6.45) is 15.4. The second-order valence-electron chi connectivity index (χ2n) is 3.92. The molecule has 0 bridgehead atoms. The Labute approximate surface area is 82.0 Å². The molecule has 0 aliphatic heterocycles. The van der Waals surface area contributed by atoms with E-state index in [1.54, 1.807) is 5.57 Å². The summed E-state index contributed by atoms with van der Waals surface area (Å²) in [4.78, 5) is 0. The summed E-state index contributed by atoms with van der Waals surface area (Å²) in [5, 5.41) is 0. The molecule has 0 N–H and O–H groups in total. The van der Waals surface area contributed by atoms with Crippen LogP contribution in [0.5, 0.6) is 0 Å². The van der Waals surface area contributed by atoms with Gasteiger partial charge in [-0.2, -0.15) is 0 Å². The van der Waals surface area contributed by atoms with Crippen molar-refractivity contribution in [1.29, 1.82) is 0 Å². The van der Waals surface area contributed by atoms with Gasteiger partial charge in [-0.1, -0.05) is 35.5 Å². The lowest BCUT2D eigenvalue weighted by Gasteiger charge is -1.98. The predicted molar refractivity (Wildman–Crippen MR) is 59.7 cm³/mol. The number of allylic oxidation sites excluding steroid dienone is 6. The quantitative estimate of drug-likeness (QED) is 0.480. The van der Waals surface area contributed by atoms with Crippen LogP contribution in [-0.2, 0) is 0 Å². The highest BCUT2D eigenvalue weighted by Crippen LogP contribution is 2.15. The Morgan fingerprint density at radius 2 is 1.85 bits per heavy atom. The van der Waals surface area contributed by atoms with Gasteiger partial charge >= 0.3 is 0 Å². The van der Waals surface area contributed by atoms with Gasteiger partial charge in [-0.25, -0.2) is 0 Å². The molecule has 0 radical (unpaired) electrons. The molecule has 0 fully saturated rings. The molecule has 2 rings (SSSR count). The van der Waals surface area contributed by atoms with Crippen molar-refractivity contribution < 1.29 is 0 Å². The molecule has 0 nitrogen and oxygen atoms in total. The summed E-state index contributed by atoms with van der Waals surface area (Å²) in [5.41, 5.74) is 3.08. The first-order valence-electron chi connectivity index (χ1n) is 5.27. The smallest absolute Gasteiger partial charge is 0.0285 e. The number of rotatable bonds is 0. The van der Waals surface area contributed by atoms with Gasteiger partial charge in [0.25, 0.3) is 0 Å². The van der Waals surface area contributed by atoms with Gasteiger partial charge in [0.1, 0.15) is 0 Å². The lowest BCUT2D eigenvalue weighted by Crippen LogP contribution is -1.78. The minimum absolute atomic E-state index is 1.24. The Hall–Kier alpha value is -0.780. The Kier molecular flexibility index (Phi) is 4.59. The molecule has 0 amide bonds. The molecular weight excluding hydrogens is 156 g/mol. The number of hydrogen-bond acceptors (Lipinski definition) is 0. The SMILES string of the molecule is CC1=CC=CCC1.CC1=CCCC1. The summed E-state index contributed by atoms with van der Waals surface area (Å²) in [6, 6.07) is 0. The van der Waals surface area contributed by atoms with Crippen LogP contribution in [0.1, 0.15) is 46.0 Å². The van der Waals surface area contributed by atoms with Gasteiger partial charge in [-0.05, 0) is 46.0 Å². The molecule has 0 heterocycles. The fourth-order valence-electron chi connectivity index (χ4n) is 1.55. The van der Waals surface area contributed by atoms with Crippen LogP contribution in [0.3, 0.4) is 0 Å². The second-order valence-corrected chi connectivity index (χ2v) is 3.92. The van der Waals surface area contributed by atoms with Crippen LogP contribution in [0.25, 0.3) is 0 Å². The Morgan fingerprint density at radius 1 is 1.00 bits per heavy atom. The third-order valence-electron chi connectivity index (χ3n) is 2.49. The van der Waals surface area contributed by atoms with E-state index in [0.29, 0.717) is 0 Å². The van der Waals surface area contributed by atoms with Gasteiger partial charge in [0, 0.05) is 0 Å². The zero-order valence-corrected chi connectivity index (χ0v) is 8.84. The first kappa shape index (κ1) is 10.3. The van der Waals surface area contributed by atoms with E-state index in [0.717, 1.165) is 0 Å². The van der Waals surface area contributed by atoms with Crippen molar-refractivity contribution in [2.24, 2.45) is 0 Å². The fraction of sp³-hybridized carbons (Fsp3) is 0.538. The van der Waals surface area contributed by atoms with E-state index in [1.807, 2.05) is 0 Å². The maximum absolute atomic E-state index is 2.32. The van der Waals surface area contributed by atoms with E-state index in [-0.39, 0.29) is 0 Å². The van der Waals surface area contributed by atoms with Crippen LogP contribution in [0.4, 0.5) is 0 Å². The van der Waals surface area contributed by atoms with Crippen molar-refractivity contribution in [2.45, 2.75) is 46.0 Å². The zero-order chi connectivity index (χ0) is 9.52. The van der Waals surface area contributed by atoms with Crippen molar-refractivity contribution in [1.82, 2.24) is 0 Å². The van der Waals surface area contributed by atoms with Crippen LogP contribution >= 0.6 is 0 Å². The van der Waals surface area contributed by atoms with E-state index in [1.165, 1.54) is 37.7 Å². The standard InChI is InChI=1S/C7H10.C6H10/c1-7-5-3-2-4-6-7;1-6-4-2-3-5-6/h2-3,5H,4,6H2,1H3;4H,2-3,5H2,1H3. The lowest BCUT2D eigenvalue weighted by molar-refractivity contribution is 0.907. The van der Waals surface area contributed by atoms with Crippen molar-refractivity contribution in [3.63, 3.8) is 0 Å². The topological polar surface area (TPSA) is 0 Å². The van der Waals surface area contributed by atoms with Gasteiger partial charge in [-0.3, -0.25) is 0 Å². The van der Waals surface area contributed by atoms with E-state index in [4.69, 9.17) is 0 Å². The van der Waals surface area contributed by atoms with Gasteiger partial charge < -0.3 is 0 Å². The summed E-state index contributed by atoms with van der Waals surface area (Å²) in [7, 11) is 0. The zero-order valence-electron chi connectivity index (χ0n) is 8.84. The average Bonchev–Trinajstić information content (AvgIpc) is 2.58. The average molecular weight is 176 g/mol. The van der Waals surface area contributed by atoms with Gasteiger partial charge in [0.05, 0.1) is 0 Å². The highest BCUT2D eigenvalue weighted by atomic mass is 14.0. The Balaban J connectivity index is 0.000000132. The maximum Gasteiger partial charge on any atom is -0.0285 e. The van der Waals surface area contributed by atoms with Crippen molar-refractivity contribution in [3.05, 3.63) is 35.5 Å². The molecule has 0 saturated carbocycles. The first-order chi connectivity index (χ1) is 6.29. The van der Waals surface area contributed by atoms with E-state index in [9.17, 15) is 0 Å². The van der Waals surface area contributed by atoms with E-state index >= 15 is 0 Å². The van der Waals surface area contributed by atoms with Gasteiger partial charge in [0.15, 0.2) is 0 Å². The first-order valence-corrected chi connectivity index (χ1v) is 5.27. The molecule has 0 aromatic rings. The van der Waals surface area contributed by atoms with Crippen LogP contribution in [0, 0.1) is 0 Å². The van der Waals surface area contributed by atoms with Crippen LogP contribution < -0.4 is 0 Å². The molecule has 13 heavy (non-hydrogen) atoms. The van der Waals surface area contributed by atoms with Crippen molar-refractivity contribution in [2.75, 3.05) is 0 Å².